The summed E-state index contributed by atoms with van der Waals surface area (Å²) in [6.07, 6.45) is 0. The van der Waals surface area contributed by atoms with Crippen molar-refractivity contribution in [2.45, 2.75) is 13.8 Å². The number of nitrogen functional groups attached to an aromatic ring is 1. The Morgan fingerprint density at radius 3 is 2.44 bits per heavy atom. The molecule has 1 fully saturated rings. The molecule has 1 aliphatic heterocycles. The lowest BCUT2D eigenvalue weighted by atomic mass is 10.0. The minimum Gasteiger partial charge on any atom is -0.397 e. The molecule has 1 aliphatic rings. The Hall–Kier alpha value is -0.770. The van der Waals surface area contributed by atoms with E-state index < -0.39 is 0 Å². The smallest absolute Gasteiger partial charge is 0.139 e. The van der Waals surface area contributed by atoms with E-state index in [1.54, 1.807) is 6.07 Å². The van der Waals surface area contributed by atoms with Gasteiger partial charge in [-0.3, -0.25) is 0 Å². The number of hydrogen-bond donors (Lipinski definition) is 1. The third-order valence-corrected chi connectivity index (χ3v) is 4.01. The molecule has 1 saturated heterocycles. The summed E-state index contributed by atoms with van der Waals surface area (Å²) in [4.78, 5) is 2.17. The molecule has 1 heterocycles. The standard InChI is InChI=1S/C12H16BrFN2/c1-7-5-16(6-8(7)2)12-4-10(14)9(13)3-11(12)15/h3-4,7-8H,5-6,15H2,1-2H3. The highest BCUT2D eigenvalue weighted by Gasteiger charge is 2.27. The molecular weight excluding hydrogens is 271 g/mol. The Kier molecular flexibility index (Phi) is 3.10. The molecule has 0 bridgehead atoms. The normalized spacial score (nSPS) is 25.1. The first-order chi connectivity index (χ1) is 7.49. The summed E-state index contributed by atoms with van der Waals surface area (Å²) in [5.74, 6) is 1.01. The number of nitrogens with two attached hydrogens (primary N) is 1. The van der Waals surface area contributed by atoms with Crippen LogP contribution in [0.25, 0.3) is 0 Å². The molecule has 1 aromatic rings. The zero-order chi connectivity index (χ0) is 11.9. The zero-order valence-electron chi connectivity index (χ0n) is 9.50. The highest BCUT2D eigenvalue weighted by Crippen LogP contribution is 2.34. The Bertz CT molecular complexity index is 398. The number of rotatable bonds is 1. The first-order valence-corrected chi connectivity index (χ1v) is 6.27. The van der Waals surface area contributed by atoms with Crippen molar-refractivity contribution in [3.05, 3.63) is 22.4 Å². The molecule has 2 unspecified atom stereocenters. The van der Waals surface area contributed by atoms with Crippen molar-refractivity contribution in [3.63, 3.8) is 0 Å². The van der Waals surface area contributed by atoms with Gasteiger partial charge >= 0.3 is 0 Å². The highest BCUT2D eigenvalue weighted by atomic mass is 79.9. The summed E-state index contributed by atoms with van der Waals surface area (Å²) in [7, 11) is 0. The molecule has 2 atom stereocenters. The number of benzene rings is 1. The minimum atomic E-state index is -0.253. The van der Waals surface area contributed by atoms with Crippen molar-refractivity contribution in [2.24, 2.45) is 11.8 Å². The van der Waals surface area contributed by atoms with E-state index in [4.69, 9.17) is 5.73 Å². The summed E-state index contributed by atoms with van der Waals surface area (Å²) >= 11 is 3.14. The third-order valence-electron chi connectivity index (χ3n) is 3.40. The van der Waals surface area contributed by atoms with E-state index in [1.807, 2.05) is 0 Å². The minimum absolute atomic E-state index is 0.253. The molecule has 0 aliphatic carbocycles. The predicted octanol–water partition coefficient (Wildman–Crippen LogP) is 3.26. The Balaban J connectivity index is 2.31. The van der Waals surface area contributed by atoms with Crippen LogP contribution in [0, 0.1) is 17.7 Å². The van der Waals surface area contributed by atoms with Crippen LogP contribution in [0.5, 0.6) is 0 Å². The van der Waals surface area contributed by atoms with Gasteiger partial charge in [0.1, 0.15) is 5.82 Å². The average Bonchev–Trinajstić information content (AvgIpc) is 2.53. The van der Waals surface area contributed by atoms with Crippen LogP contribution in [-0.4, -0.2) is 13.1 Å². The van der Waals surface area contributed by atoms with Crippen molar-refractivity contribution in [2.75, 3.05) is 23.7 Å². The van der Waals surface area contributed by atoms with Gasteiger partial charge in [0, 0.05) is 19.2 Å². The summed E-state index contributed by atoms with van der Waals surface area (Å²) in [5.41, 5.74) is 7.37. The second-order valence-electron chi connectivity index (χ2n) is 4.68. The fourth-order valence-corrected chi connectivity index (χ4v) is 2.51. The molecule has 4 heteroatoms. The summed E-state index contributed by atoms with van der Waals surface area (Å²) in [6.45, 7) is 6.34. The summed E-state index contributed by atoms with van der Waals surface area (Å²) < 4.78 is 13.9. The van der Waals surface area contributed by atoms with Crippen molar-refractivity contribution >= 4 is 27.3 Å². The molecule has 0 radical (unpaired) electrons. The second-order valence-corrected chi connectivity index (χ2v) is 5.54. The van der Waals surface area contributed by atoms with E-state index >= 15 is 0 Å². The fourth-order valence-electron chi connectivity index (χ4n) is 2.15. The Morgan fingerprint density at radius 1 is 1.31 bits per heavy atom. The van der Waals surface area contributed by atoms with Crippen LogP contribution in [0.4, 0.5) is 15.8 Å². The summed E-state index contributed by atoms with van der Waals surface area (Å²) in [6, 6.07) is 3.16. The van der Waals surface area contributed by atoms with Crippen LogP contribution < -0.4 is 10.6 Å². The molecule has 1 aromatic carbocycles. The summed E-state index contributed by atoms with van der Waals surface area (Å²) in [5, 5.41) is 0. The number of anilines is 2. The van der Waals surface area contributed by atoms with Gasteiger partial charge in [-0.25, -0.2) is 4.39 Å². The lowest BCUT2D eigenvalue weighted by Gasteiger charge is -2.20. The second kappa shape index (κ2) is 4.24. The van der Waals surface area contributed by atoms with Crippen LogP contribution >= 0.6 is 15.9 Å². The van der Waals surface area contributed by atoms with Gasteiger partial charge in [0.15, 0.2) is 0 Å². The first kappa shape index (κ1) is 11.7. The van der Waals surface area contributed by atoms with Gasteiger partial charge in [-0.1, -0.05) is 13.8 Å². The molecular formula is C12H16BrFN2. The number of hydrogen-bond acceptors (Lipinski definition) is 2. The average molecular weight is 287 g/mol. The van der Waals surface area contributed by atoms with E-state index in [0.29, 0.717) is 22.0 Å². The van der Waals surface area contributed by atoms with E-state index in [1.165, 1.54) is 6.07 Å². The largest absolute Gasteiger partial charge is 0.397 e. The van der Waals surface area contributed by atoms with Crippen LogP contribution in [-0.2, 0) is 0 Å². The van der Waals surface area contributed by atoms with Crippen LogP contribution in [0.2, 0.25) is 0 Å². The zero-order valence-corrected chi connectivity index (χ0v) is 11.1. The molecule has 0 spiro atoms. The van der Waals surface area contributed by atoms with Gasteiger partial charge in [-0.05, 0) is 33.8 Å². The maximum atomic E-state index is 13.5. The molecule has 0 aromatic heterocycles. The van der Waals surface area contributed by atoms with E-state index in [9.17, 15) is 4.39 Å². The van der Waals surface area contributed by atoms with Crippen molar-refractivity contribution in [1.82, 2.24) is 0 Å². The van der Waals surface area contributed by atoms with Crippen molar-refractivity contribution in [1.29, 1.82) is 0 Å². The lowest BCUT2D eigenvalue weighted by molar-refractivity contribution is 0.494. The van der Waals surface area contributed by atoms with Gasteiger partial charge in [0.2, 0.25) is 0 Å². The SMILES string of the molecule is CC1CN(c2cc(F)c(Br)cc2N)CC1C. The van der Waals surface area contributed by atoms with Gasteiger partial charge in [-0.15, -0.1) is 0 Å². The number of nitrogens with zero attached hydrogens (tertiary/aromatic N) is 1. The van der Waals surface area contributed by atoms with Crippen molar-refractivity contribution in [3.8, 4) is 0 Å². The molecule has 0 saturated carbocycles. The fraction of sp³-hybridized carbons (Fsp3) is 0.500. The van der Waals surface area contributed by atoms with Crippen LogP contribution in [0.15, 0.2) is 16.6 Å². The Labute approximate surface area is 104 Å². The van der Waals surface area contributed by atoms with E-state index in [-0.39, 0.29) is 5.82 Å². The first-order valence-electron chi connectivity index (χ1n) is 5.48. The molecule has 2 rings (SSSR count). The lowest BCUT2D eigenvalue weighted by Crippen LogP contribution is -2.21. The topological polar surface area (TPSA) is 29.3 Å². The number of halogens is 2. The van der Waals surface area contributed by atoms with E-state index in [2.05, 4.69) is 34.7 Å². The predicted molar refractivity (Wildman–Crippen MR) is 69.1 cm³/mol. The van der Waals surface area contributed by atoms with E-state index in [0.717, 1.165) is 18.8 Å². The molecule has 88 valence electrons. The van der Waals surface area contributed by atoms with Crippen molar-refractivity contribution < 1.29 is 4.39 Å². The van der Waals surface area contributed by atoms with Crippen LogP contribution in [0.3, 0.4) is 0 Å². The van der Waals surface area contributed by atoms with Crippen LogP contribution in [0.1, 0.15) is 13.8 Å². The van der Waals surface area contributed by atoms with Gasteiger partial charge in [0.25, 0.3) is 0 Å². The molecule has 2 N–H and O–H groups in total. The highest BCUT2D eigenvalue weighted by molar-refractivity contribution is 9.10. The molecule has 2 nitrogen and oxygen atoms in total. The van der Waals surface area contributed by atoms with Gasteiger partial charge in [-0.2, -0.15) is 0 Å². The monoisotopic (exact) mass is 286 g/mol. The quantitative estimate of drug-likeness (QED) is 0.803. The third kappa shape index (κ3) is 2.03. The van der Waals surface area contributed by atoms with Gasteiger partial charge < -0.3 is 10.6 Å². The maximum Gasteiger partial charge on any atom is 0.139 e. The van der Waals surface area contributed by atoms with Gasteiger partial charge in [0.05, 0.1) is 15.8 Å². The maximum absolute atomic E-state index is 13.5. The Morgan fingerprint density at radius 2 is 1.88 bits per heavy atom. The molecule has 16 heavy (non-hydrogen) atoms. The molecule has 0 amide bonds.